The molecule has 2 aromatic rings. The van der Waals surface area contributed by atoms with Crippen LogP contribution in [0.1, 0.15) is 5.56 Å². The van der Waals surface area contributed by atoms with Crippen LogP contribution in [-0.4, -0.2) is 48.3 Å². The number of allylic oxidation sites excluding steroid dienone is 1. The molecule has 1 aromatic carbocycles. The smallest absolute Gasteiger partial charge is 0.255 e. The third-order valence-electron chi connectivity index (χ3n) is 3.91. The van der Waals surface area contributed by atoms with E-state index in [-0.39, 0.29) is 31.8 Å². The molecule has 0 bridgehead atoms. The number of aliphatic hydroxyl groups excluding tert-OH is 2. The van der Waals surface area contributed by atoms with Crippen molar-refractivity contribution in [1.82, 2.24) is 9.88 Å². The van der Waals surface area contributed by atoms with Gasteiger partial charge in [0.1, 0.15) is 0 Å². The average molecular weight is 383 g/mol. The Morgan fingerprint density at radius 2 is 1.96 bits per heavy atom. The van der Waals surface area contributed by atoms with Gasteiger partial charge in [-0.2, -0.15) is 0 Å². The molecule has 2 rings (SSSR count). The Morgan fingerprint density at radius 3 is 2.54 bits per heavy atom. The number of ether oxygens (including phenoxy) is 2. The summed E-state index contributed by atoms with van der Waals surface area (Å²) < 4.78 is 12.2. The molecule has 3 N–H and O–H groups in total. The zero-order chi connectivity index (χ0) is 19.3. The number of fused-ring (bicyclic) bond motifs is 1. The number of aromatic nitrogens is 1. The number of halogens is 1. The number of aliphatic hydroxyl groups is 2. The monoisotopic (exact) mass is 382 g/mol. The van der Waals surface area contributed by atoms with Crippen molar-refractivity contribution in [2.24, 2.45) is 0 Å². The lowest BCUT2D eigenvalue weighted by molar-refractivity contribution is 0.0942. The van der Waals surface area contributed by atoms with Crippen molar-refractivity contribution in [2.75, 3.05) is 27.4 Å². The molecule has 142 valence electrons. The summed E-state index contributed by atoms with van der Waals surface area (Å²) in [5.41, 5.74) is 0.916. The Balaban J connectivity index is 2.54. The van der Waals surface area contributed by atoms with Gasteiger partial charge in [-0.05, 0) is 12.1 Å². The SMILES string of the molecule is C=C(Cl)Cn1c(=O)c(CNCC(O)CO)cc2cc(OC)c(OC)cc21. The first-order valence-electron chi connectivity index (χ1n) is 8.02. The van der Waals surface area contributed by atoms with E-state index >= 15 is 0 Å². The molecule has 0 saturated heterocycles. The fraction of sp³-hybridized carbons (Fsp3) is 0.389. The van der Waals surface area contributed by atoms with Gasteiger partial charge in [-0.15, -0.1) is 0 Å². The minimum atomic E-state index is -0.885. The first kappa shape index (κ1) is 20.3. The van der Waals surface area contributed by atoms with Gasteiger partial charge in [-0.1, -0.05) is 18.2 Å². The van der Waals surface area contributed by atoms with Gasteiger partial charge in [0.15, 0.2) is 11.5 Å². The van der Waals surface area contributed by atoms with Crippen molar-refractivity contribution in [3.05, 3.63) is 45.7 Å². The van der Waals surface area contributed by atoms with Crippen LogP contribution in [0.15, 0.2) is 34.6 Å². The quantitative estimate of drug-likeness (QED) is 0.603. The van der Waals surface area contributed by atoms with Crippen LogP contribution < -0.4 is 20.3 Å². The molecule has 0 saturated carbocycles. The lowest BCUT2D eigenvalue weighted by Crippen LogP contribution is -2.32. The lowest BCUT2D eigenvalue weighted by atomic mass is 10.1. The van der Waals surface area contributed by atoms with Gasteiger partial charge < -0.3 is 29.6 Å². The Morgan fingerprint density at radius 1 is 1.31 bits per heavy atom. The van der Waals surface area contributed by atoms with E-state index in [0.29, 0.717) is 27.6 Å². The fourth-order valence-corrected chi connectivity index (χ4v) is 2.78. The van der Waals surface area contributed by atoms with Crippen LogP contribution >= 0.6 is 11.6 Å². The summed E-state index contributed by atoms with van der Waals surface area (Å²) in [6.45, 7) is 3.88. The normalized spacial score (nSPS) is 12.2. The summed E-state index contributed by atoms with van der Waals surface area (Å²) in [7, 11) is 3.07. The number of nitrogens with zero attached hydrogens (tertiary/aromatic N) is 1. The molecular weight excluding hydrogens is 360 g/mol. The first-order valence-corrected chi connectivity index (χ1v) is 8.40. The zero-order valence-corrected chi connectivity index (χ0v) is 15.5. The molecule has 1 aromatic heterocycles. The summed E-state index contributed by atoms with van der Waals surface area (Å²) in [6.07, 6.45) is -0.885. The van der Waals surface area contributed by atoms with Crippen LogP contribution in [0.3, 0.4) is 0 Å². The second-order valence-corrected chi connectivity index (χ2v) is 6.35. The molecule has 1 heterocycles. The van der Waals surface area contributed by atoms with Crippen molar-refractivity contribution in [2.45, 2.75) is 19.2 Å². The van der Waals surface area contributed by atoms with Crippen molar-refractivity contribution >= 4 is 22.5 Å². The molecule has 0 spiro atoms. The number of hydrogen-bond acceptors (Lipinski definition) is 6. The minimum absolute atomic E-state index is 0.152. The van der Waals surface area contributed by atoms with Gasteiger partial charge in [0, 0.05) is 35.1 Å². The molecule has 0 fully saturated rings. The second-order valence-electron chi connectivity index (χ2n) is 5.81. The van der Waals surface area contributed by atoms with Crippen LogP contribution in [0.25, 0.3) is 10.9 Å². The van der Waals surface area contributed by atoms with E-state index in [1.807, 2.05) is 0 Å². The molecule has 0 radical (unpaired) electrons. The van der Waals surface area contributed by atoms with Gasteiger partial charge in [0.2, 0.25) is 0 Å². The highest BCUT2D eigenvalue weighted by Crippen LogP contribution is 2.32. The van der Waals surface area contributed by atoms with E-state index in [9.17, 15) is 9.90 Å². The molecule has 0 aliphatic heterocycles. The van der Waals surface area contributed by atoms with E-state index in [4.69, 9.17) is 26.2 Å². The maximum atomic E-state index is 12.9. The van der Waals surface area contributed by atoms with Gasteiger partial charge in [0.25, 0.3) is 5.56 Å². The molecule has 1 atom stereocenters. The second kappa shape index (κ2) is 9.05. The number of nitrogens with one attached hydrogen (secondary N) is 1. The number of rotatable bonds is 9. The predicted molar refractivity (Wildman–Crippen MR) is 101 cm³/mol. The van der Waals surface area contributed by atoms with Crippen molar-refractivity contribution in [3.63, 3.8) is 0 Å². The van der Waals surface area contributed by atoms with E-state index in [0.717, 1.165) is 5.39 Å². The molecule has 7 nitrogen and oxygen atoms in total. The molecular formula is C18H23ClN2O5. The molecule has 26 heavy (non-hydrogen) atoms. The molecule has 8 heteroatoms. The third kappa shape index (κ3) is 4.56. The Bertz CT molecular complexity index is 850. The van der Waals surface area contributed by atoms with Crippen molar-refractivity contribution in [1.29, 1.82) is 0 Å². The number of hydrogen-bond donors (Lipinski definition) is 3. The summed E-state index contributed by atoms with van der Waals surface area (Å²) in [6, 6.07) is 5.26. The number of methoxy groups -OCH3 is 2. The van der Waals surface area contributed by atoms with Crippen LogP contribution in [0.2, 0.25) is 0 Å². The van der Waals surface area contributed by atoms with E-state index in [1.54, 1.807) is 25.3 Å². The van der Waals surface area contributed by atoms with Crippen LogP contribution in [0.5, 0.6) is 11.5 Å². The van der Waals surface area contributed by atoms with Crippen molar-refractivity contribution < 1.29 is 19.7 Å². The highest BCUT2D eigenvalue weighted by atomic mass is 35.5. The van der Waals surface area contributed by atoms with E-state index < -0.39 is 6.10 Å². The number of benzene rings is 1. The number of pyridine rings is 1. The maximum Gasteiger partial charge on any atom is 0.255 e. The molecule has 0 aliphatic carbocycles. The highest BCUT2D eigenvalue weighted by molar-refractivity contribution is 6.29. The van der Waals surface area contributed by atoms with E-state index in [1.165, 1.54) is 11.7 Å². The Hall–Kier alpha value is -2.06. The lowest BCUT2D eigenvalue weighted by Gasteiger charge is -2.16. The van der Waals surface area contributed by atoms with E-state index in [2.05, 4.69) is 11.9 Å². The average Bonchev–Trinajstić information content (AvgIpc) is 2.63. The van der Waals surface area contributed by atoms with Gasteiger partial charge in [-0.25, -0.2) is 0 Å². The fourth-order valence-electron chi connectivity index (χ4n) is 2.66. The Labute approximate surface area is 156 Å². The van der Waals surface area contributed by atoms with Crippen LogP contribution in [0.4, 0.5) is 0 Å². The molecule has 0 aliphatic rings. The summed E-state index contributed by atoms with van der Waals surface area (Å²) in [5.74, 6) is 1.05. The minimum Gasteiger partial charge on any atom is -0.493 e. The third-order valence-corrected chi connectivity index (χ3v) is 4.03. The maximum absolute atomic E-state index is 12.9. The predicted octanol–water partition coefficient (Wildman–Crippen LogP) is 1.21. The summed E-state index contributed by atoms with van der Waals surface area (Å²) in [4.78, 5) is 12.9. The van der Waals surface area contributed by atoms with Gasteiger partial charge in [0.05, 0.1) is 39.0 Å². The standard InChI is InChI=1S/C18H23ClN2O5/c1-11(19)9-21-15-6-17(26-3)16(25-2)5-12(15)4-13(18(21)24)7-20-8-14(23)10-22/h4-6,14,20,22-23H,1,7-10H2,2-3H3. The summed E-state index contributed by atoms with van der Waals surface area (Å²) >= 11 is 5.95. The zero-order valence-electron chi connectivity index (χ0n) is 14.8. The van der Waals surface area contributed by atoms with Gasteiger partial charge in [-0.3, -0.25) is 4.79 Å². The van der Waals surface area contributed by atoms with Crippen LogP contribution in [0, 0.1) is 0 Å². The Kier molecular flexibility index (Phi) is 7.05. The topological polar surface area (TPSA) is 93.0 Å². The largest absolute Gasteiger partial charge is 0.493 e. The first-order chi connectivity index (χ1) is 12.4. The summed E-state index contributed by atoms with van der Waals surface area (Å²) in [5, 5.41) is 22.3. The highest BCUT2D eigenvalue weighted by Gasteiger charge is 2.14. The van der Waals surface area contributed by atoms with Gasteiger partial charge >= 0.3 is 0 Å². The molecule has 1 unspecified atom stereocenters. The van der Waals surface area contributed by atoms with Crippen LogP contribution in [-0.2, 0) is 13.1 Å². The molecule has 0 amide bonds. The van der Waals surface area contributed by atoms with Crippen molar-refractivity contribution in [3.8, 4) is 11.5 Å².